The van der Waals surface area contributed by atoms with Crippen molar-refractivity contribution >= 4 is 11.8 Å². The summed E-state index contributed by atoms with van der Waals surface area (Å²) in [6, 6.07) is 7.45. The van der Waals surface area contributed by atoms with Gasteiger partial charge in [-0.2, -0.15) is 0 Å². The van der Waals surface area contributed by atoms with Gasteiger partial charge < -0.3 is 19.9 Å². The molecule has 144 valence electrons. The Bertz CT molecular complexity index is 774. The maximum atomic E-state index is 13.2. The summed E-state index contributed by atoms with van der Waals surface area (Å²) in [4.78, 5) is 30.1. The second kappa shape index (κ2) is 6.23. The van der Waals surface area contributed by atoms with Gasteiger partial charge in [0.2, 0.25) is 5.91 Å². The first-order chi connectivity index (χ1) is 13.1. The monoisotopic (exact) mass is 369 g/mol. The summed E-state index contributed by atoms with van der Waals surface area (Å²) in [5.74, 6) is 1.50. The molecule has 1 aromatic rings. The molecule has 2 aliphatic heterocycles. The molecule has 6 rings (SSSR count). The molecule has 1 N–H and O–H groups in total. The van der Waals surface area contributed by atoms with E-state index in [1.807, 2.05) is 23.1 Å². The van der Waals surface area contributed by atoms with Crippen LogP contribution in [0.15, 0.2) is 24.3 Å². The van der Waals surface area contributed by atoms with Crippen molar-refractivity contribution in [2.24, 2.45) is 17.8 Å². The quantitative estimate of drug-likeness (QED) is 0.819. The number of likely N-dealkylation sites (N-methyl/N-ethyl adjacent to an activating group) is 1. The number of benzene rings is 1. The number of nitrogens with zero attached hydrogens (tertiary/aromatic N) is 2. The molecule has 2 bridgehead atoms. The Morgan fingerprint density at radius 2 is 1.96 bits per heavy atom. The third kappa shape index (κ3) is 2.73. The predicted octanol–water partition coefficient (Wildman–Crippen LogP) is 1.72. The first-order valence-corrected chi connectivity index (χ1v) is 10.1. The lowest BCUT2D eigenvalue weighted by Crippen LogP contribution is -2.67. The first kappa shape index (κ1) is 17.0. The van der Waals surface area contributed by atoms with Crippen molar-refractivity contribution in [1.29, 1.82) is 0 Å². The summed E-state index contributed by atoms with van der Waals surface area (Å²) in [6.45, 7) is 3.56. The summed E-state index contributed by atoms with van der Waals surface area (Å²) in [6.07, 6.45) is 3.62. The Balaban J connectivity index is 1.35. The second-order valence-corrected chi connectivity index (χ2v) is 8.65. The van der Waals surface area contributed by atoms with E-state index in [1.165, 1.54) is 0 Å². The molecule has 6 heteroatoms. The zero-order valence-electron chi connectivity index (χ0n) is 15.8. The highest BCUT2D eigenvalue weighted by Gasteiger charge is 2.57. The van der Waals surface area contributed by atoms with E-state index in [9.17, 15) is 9.59 Å². The number of hydrogen-bond donors (Lipinski definition) is 1. The third-order valence-corrected chi connectivity index (χ3v) is 7.10. The van der Waals surface area contributed by atoms with Gasteiger partial charge >= 0.3 is 0 Å². The molecule has 6 nitrogen and oxygen atoms in total. The van der Waals surface area contributed by atoms with Crippen LogP contribution in [0.3, 0.4) is 0 Å². The van der Waals surface area contributed by atoms with Crippen molar-refractivity contribution in [3.8, 4) is 5.75 Å². The number of ether oxygens (including phenoxy) is 1. The maximum absolute atomic E-state index is 13.2. The molecular weight excluding hydrogens is 342 g/mol. The van der Waals surface area contributed by atoms with Gasteiger partial charge in [-0.25, -0.2) is 0 Å². The predicted molar refractivity (Wildman–Crippen MR) is 100 cm³/mol. The molecule has 4 atom stereocenters. The van der Waals surface area contributed by atoms with Crippen LogP contribution >= 0.6 is 0 Å². The highest BCUT2D eigenvalue weighted by molar-refractivity contribution is 5.98. The fourth-order valence-electron chi connectivity index (χ4n) is 5.52. The smallest absolute Gasteiger partial charge is 0.258 e. The average molecular weight is 369 g/mol. The molecule has 2 amide bonds. The van der Waals surface area contributed by atoms with Gasteiger partial charge in [-0.1, -0.05) is 12.1 Å². The van der Waals surface area contributed by atoms with Crippen LogP contribution < -0.4 is 10.1 Å². The van der Waals surface area contributed by atoms with Gasteiger partial charge in [0.25, 0.3) is 5.91 Å². The number of carbonyl (C=O) groups excluding carboxylic acids is 2. The summed E-state index contributed by atoms with van der Waals surface area (Å²) < 4.78 is 6.39. The second-order valence-electron chi connectivity index (χ2n) is 8.65. The highest BCUT2D eigenvalue weighted by Crippen LogP contribution is 2.52. The summed E-state index contributed by atoms with van der Waals surface area (Å²) in [5.41, 5.74) is -0.0256. The molecule has 27 heavy (non-hydrogen) atoms. The van der Waals surface area contributed by atoms with E-state index in [4.69, 9.17) is 4.74 Å². The zero-order valence-corrected chi connectivity index (χ0v) is 15.8. The SMILES string of the molecule is CN1CCN(C(=O)[C@@H]2C[C@H]3CC[C@@H]2C[C@@]32NC(=O)c3ccccc3O2)CC1. The molecule has 3 saturated carbocycles. The minimum Gasteiger partial charge on any atom is -0.467 e. The van der Waals surface area contributed by atoms with Crippen LogP contribution in [0.5, 0.6) is 5.75 Å². The van der Waals surface area contributed by atoms with E-state index in [-0.39, 0.29) is 23.7 Å². The Labute approximate surface area is 159 Å². The van der Waals surface area contributed by atoms with Crippen LogP contribution in [0.4, 0.5) is 0 Å². The Kier molecular flexibility index (Phi) is 3.93. The highest BCUT2D eigenvalue weighted by atomic mass is 16.5. The number of rotatable bonds is 1. The third-order valence-electron chi connectivity index (χ3n) is 7.10. The molecular formula is C21H27N3O3. The molecule has 1 spiro atoms. The molecule has 5 aliphatic rings. The molecule has 1 aromatic carbocycles. The summed E-state index contributed by atoms with van der Waals surface area (Å²) in [7, 11) is 2.11. The van der Waals surface area contributed by atoms with Gasteiger partial charge in [0.1, 0.15) is 5.75 Å². The number of amides is 2. The lowest BCUT2D eigenvalue weighted by Gasteiger charge is -2.55. The van der Waals surface area contributed by atoms with Gasteiger partial charge in [-0.05, 0) is 44.4 Å². The van der Waals surface area contributed by atoms with Crippen molar-refractivity contribution in [1.82, 2.24) is 15.1 Å². The van der Waals surface area contributed by atoms with Gasteiger partial charge in [-0.15, -0.1) is 0 Å². The van der Waals surface area contributed by atoms with Crippen molar-refractivity contribution in [2.45, 2.75) is 31.4 Å². The van der Waals surface area contributed by atoms with E-state index >= 15 is 0 Å². The van der Waals surface area contributed by atoms with Crippen molar-refractivity contribution in [2.75, 3.05) is 33.2 Å². The lowest BCUT2D eigenvalue weighted by molar-refractivity contribution is -0.156. The molecule has 4 fully saturated rings. The number of hydrogen-bond acceptors (Lipinski definition) is 4. The lowest BCUT2D eigenvalue weighted by atomic mass is 9.59. The molecule has 0 aromatic heterocycles. The maximum Gasteiger partial charge on any atom is 0.258 e. The Morgan fingerprint density at radius 1 is 1.19 bits per heavy atom. The molecule has 0 unspecified atom stereocenters. The Hall–Kier alpha value is -2.08. The van der Waals surface area contributed by atoms with Crippen LogP contribution in [0.25, 0.3) is 0 Å². The van der Waals surface area contributed by atoms with Crippen molar-refractivity contribution in [3.05, 3.63) is 29.8 Å². The van der Waals surface area contributed by atoms with Gasteiger partial charge in [0.15, 0.2) is 5.72 Å². The number of para-hydroxylation sites is 1. The molecule has 2 heterocycles. The van der Waals surface area contributed by atoms with Crippen LogP contribution in [0.1, 0.15) is 36.0 Å². The van der Waals surface area contributed by atoms with Crippen molar-refractivity contribution < 1.29 is 14.3 Å². The number of nitrogens with one attached hydrogen (secondary N) is 1. The number of carbonyl (C=O) groups is 2. The first-order valence-electron chi connectivity index (χ1n) is 10.1. The number of fused-ring (bicyclic) bond motifs is 3. The molecule has 1 saturated heterocycles. The average Bonchev–Trinajstić information content (AvgIpc) is 2.68. The van der Waals surface area contributed by atoms with Gasteiger partial charge in [0, 0.05) is 44.4 Å². The normalized spacial score (nSPS) is 35.5. The fraction of sp³-hybridized carbons (Fsp3) is 0.619. The standard InChI is InChI=1S/C21H27N3O3/c1-23-8-10-24(11-9-23)20(26)17-12-15-7-6-14(17)13-21(15)22-19(25)16-4-2-3-5-18(16)27-21/h2-5,14-15,17H,6-13H2,1H3,(H,22,25)/t14-,15-,17-,21+/m1/s1. The largest absolute Gasteiger partial charge is 0.467 e. The molecule has 0 radical (unpaired) electrons. The van der Waals surface area contributed by atoms with Crippen LogP contribution in [-0.2, 0) is 4.79 Å². The summed E-state index contributed by atoms with van der Waals surface area (Å²) >= 11 is 0. The fourth-order valence-corrected chi connectivity index (χ4v) is 5.52. The topological polar surface area (TPSA) is 61.9 Å². The van der Waals surface area contributed by atoms with E-state index < -0.39 is 5.72 Å². The van der Waals surface area contributed by atoms with Gasteiger partial charge in [0.05, 0.1) is 5.56 Å². The minimum absolute atomic E-state index is 0.0497. The van der Waals surface area contributed by atoms with Crippen LogP contribution in [0, 0.1) is 17.8 Å². The van der Waals surface area contributed by atoms with Crippen LogP contribution in [0.2, 0.25) is 0 Å². The summed E-state index contributed by atoms with van der Waals surface area (Å²) in [5, 5.41) is 3.17. The van der Waals surface area contributed by atoms with Gasteiger partial charge in [-0.3, -0.25) is 9.59 Å². The van der Waals surface area contributed by atoms with E-state index in [1.54, 1.807) is 6.07 Å². The minimum atomic E-state index is -0.632. The molecule has 3 aliphatic carbocycles. The van der Waals surface area contributed by atoms with Crippen LogP contribution in [-0.4, -0.2) is 60.6 Å². The number of piperazine rings is 1. The van der Waals surface area contributed by atoms with Crippen molar-refractivity contribution in [3.63, 3.8) is 0 Å². The van der Waals surface area contributed by atoms with E-state index in [2.05, 4.69) is 17.3 Å². The Morgan fingerprint density at radius 3 is 2.70 bits per heavy atom. The zero-order chi connectivity index (χ0) is 18.6. The van der Waals surface area contributed by atoms with E-state index in [0.717, 1.165) is 51.9 Å². The van der Waals surface area contributed by atoms with E-state index in [0.29, 0.717) is 17.2 Å².